The Morgan fingerprint density at radius 3 is 2.60 bits per heavy atom. The summed E-state index contributed by atoms with van der Waals surface area (Å²) in [7, 11) is 0. The summed E-state index contributed by atoms with van der Waals surface area (Å²) in [5.74, 6) is -0.285. The van der Waals surface area contributed by atoms with Gasteiger partial charge in [0.1, 0.15) is 0 Å². The summed E-state index contributed by atoms with van der Waals surface area (Å²) in [6.45, 7) is 2.22. The molecule has 1 fully saturated rings. The van der Waals surface area contributed by atoms with Crippen molar-refractivity contribution < 1.29 is 14.3 Å². The minimum absolute atomic E-state index is 0.0480. The van der Waals surface area contributed by atoms with Gasteiger partial charge in [0.15, 0.2) is 0 Å². The second-order valence-electron chi connectivity index (χ2n) is 4.95. The number of rotatable bonds is 4. The summed E-state index contributed by atoms with van der Waals surface area (Å²) < 4.78 is 5.14. The lowest BCUT2D eigenvalue weighted by Gasteiger charge is -2.28. The monoisotopic (exact) mass is 292 g/mol. The highest BCUT2D eigenvalue weighted by atomic mass is 32.2. The minimum atomic E-state index is -0.148. The summed E-state index contributed by atoms with van der Waals surface area (Å²) in [5.41, 5.74) is 0.700. The van der Waals surface area contributed by atoms with Crippen molar-refractivity contribution in [2.75, 3.05) is 6.61 Å². The van der Waals surface area contributed by atoms with E-state index in [-0.39, 0.29) is 22.3 Å². The lowest BCUT2D eigenvalue weighted by atomic mass is 9.89. The number of hydrogen-bond acceptors (Lipinski definition) is 4. The lowest BCUT2D eigenvalue weighted by molar-refractivity contribution is -0.148. The molecule has 20 heavy (non-hydrogen) atoms. The number of benzene rings is 1. The molecule has 0 N–H and O–H groups in total. The molecule has 0 aliphatic heterocycles. The van der Waals surface area contributed by atoms with Crippen LogP contribution in [0.25, 0.3) is 0 Å². The predicted octanol–water partition coefficient (Wildman–Crippen LogP) is 3.68. The first-order valence-electron chi connectivity index (χ1n) is 7.15. The number of carbonyl (C=O) groups is 2. The zero-order valence-corrected chi connectivity index (χ0v) is 12.5. The SMILES string of the molecule is CCOC(=O)C1CCCCC1SC(=O)c1ccccc1. The van der Waals surface area contributed by atoms with Gasteiger partial charge in [0.05, 0.1) is 12.5 Å². The maximum Gasteiger partial charge on any atom is 0.310 e. The molecule has 0 bridgehead atoms. The van der Waals surface area contributed by atoms with Crippen LogP contribution in [-0.2, 0) is 9.53 Å². The molecular weight excluding hydrogens is 272 g/mol. The molecule has 1 saturated carbocycles. The Hall–Kier alpha value is -1.29. The van der Waals surface area contributed by atoms with Crippen molar-refractivity contribution in [2.24, 2.45) is 5.92 Å². The highest BCUT2D eigenvalue weighted by Crippen LogP contribution is 2.35. The second-order valence-corrected chi connectivity index (χ2v) is 6.16. The molecule has 0 saturated heterocycles. The molecule has 2 atom stereocenters. The second kappa shape index (κ2) is 7.48. The fourth-order valence-electron chi connectivity index (χ4n) is 2.54. The molecule has 1 aliphatic rings. The van der Waals surface area contributed by atoms with Crippen LogP contribution < -0.4 is 0 Å². The van der Waals surface area contributed by atoms with E-state index in [1.807, 2.05) is 37.3 Å². The summed E-state index contributed by atoms with van der Waals surface area (Å²) in [5, 5.41) is 0.0994. The molecule has 0 spiro atoms. The summed E-state index contributed by atoms with van der Waals surface area (Å²) in [6, 6.07) is 9.24. The van der Waals surface area contributed by atoms with Crippen molar-refractivity contribution >= 4 is 22.8 Å². The number of carbonyl (C=O) groups excluding carboxylic acids is 2. The molecule has 2 unspecified atom stereocenters. The van der Waals surface area contributed by atoms with Gasteiger partial charge in [-0.05, 0) is 19.8 Å². The fraction of sp³-hybridized carbons (Fsp3) is 0.500. The first kappa shape index (κ1) is 15.1. The van der Waals surface area contributed by atoms with Gasteiger partial charge in [0.2, 0.25) is 5.12 Å². The molecule has 0 aromatic heterocycles. The average molecular weight is 292 g/mol. The molecule has 0 heterocycles. The zero-order valence-electron chi connectivity index (χ0n) is 11.7. The molecule has 108 valence electrons. The van der Waals surface area contributed by atoms with Gasteiger partial charge in [-0.15, -0.1) is 0 Å². The Balaban J connectivity index is 2.02. The van der Waals surface area contributed by atoms with E-state index in [2.05, 4.69) is 0 Å². The Kier molecular flexibility index (Phi) is 5.65. The normalized spacial score (nSPS) is 22.2. The topological polar surface area (TPSA) is 43.4 Å². The van der Waals surface area contributed by atoms with E-state index >= 15 is 0 Å². The largest absolute Gasteiger partial charge is 0.466 e. The molecule has 4 heteroatoms. The minimum Gasteiger partial charge on any atom is -0.466 e. The van der Waals surface area contributed by atoms with Crippen molar-refractivity contribution in [2.45, 2.75) is 37.9 Å². The van der Waals surface area contributed by atoms with Crippen molar-refractivity contribution in [3.63, 3.8) is 0 Å². The van der Waals surface area contributed by atoms with Crippen LogP contribution in [0, 0.1) is 5.92 Å². The van der Waals surface area contributed by atoms with Crippen LogP contribution in [0.5, 0.6) is 0 Å². The highest BCUT2D eigenvalue weighted by Gasteiger charge is 2.34. The van der Waals surface area contributed by atoms with Gasteiger partial charge >= 0.3 is 5.97 Å². The van der Waals surface area contributed by atoms with E-state index in [9.17, 15) is 9.59 Å². The quantitative estimate of drug-likeness (QED) is 0.794. The van der Waals surface area contributed by atoms with Gasteiger partial charge in [-0.25, -0.2) is 0 Å². The van der Waals surface area contributed by atoms with E-state index < -0.39 is 0 Å². The lowest BCUT2D eigenvalue weighted by Crippen LogP contribution is -2.31. The maximum absolute atomic E-state index is 12.2. The zero-order chi connectivity index (χ0) is 14.4. The number of esters is 1. The number of ether oxygens (including phenoxy) is 1. The van der Waals surface area contributed by atoms with Crippen molar-refractivity contribution in [3.05, 3.63) is 35.9 Å². The average Bonchev–Trinajstić information content (AvgIpc) is 2.49. The molecule has 0 amide bonds. The predicted molar refractivity (Wildman–Crippen MR) is 80.7 cm³/mol. The Morgan fingerprint density at radius 1 is 1.20 bits per heavy atom. The highest BCUT2D eigenvalue weighted by molar-refractivity contribution is 8.14. The van der Waals surface area contributed by atoms with Gasteiger partial charge in [0, 0.05) is 10.8 Å². The van der Waals surface area contributed by atoms with Gasteiger partial charge in [-0.3, -0.25) is 9.59 Å². The van der Waals surface area contributed by atoms with Crippen molar-refractivity contribution in [1.82, 2.24) is 0 Å². The Morgan fingerprint density at radius 2 is 1.90 bits per heavy atom. The van der Waals surface area contributed by atoms with E-state index in [1.165, 1.54) is 11.8 Å². The standard InChI is InChI=1S/C16H20O3S/c1-2-19-15(17)13-10-6-7-11-14(13)20-16(18)12-8-4-3-5-9-12/h3-5,8-9,13-14H,2,6-7,10-11H2,1H3. The van der Waals surface area contributed by atoms with Crippen LogP contribution >= 0.6 is 11.8 Å². The molecule has 1 aromatic carbocycles. The summed E-state index contributed by atoms with van der Waals surface area (Å²) in [4.78, 5) is 24.2. The molecule has 1 aliphatic carbocycles. The van der Waals surface area contributed by atoms with E-state index in [4.69, 9.17) is 4.74 Å². The summed E-state index contributed by atoms with van der Waals surface area (Å²) in [6.07, 6.45) is 3.86. The maximum atomic E-state index is 12.2. The summed E-state index contributed by atoms with van der Waals surface area (Å²) >= 11 is 1.30. The molecule has 0 radical (unpaired) electrons. The Bertz CT molecular complexity index is 458. The van der Waals surface area contributed by atoms with Crippen LogP contribution in [0.4, 0.5) is 0 Å². The van der Waals surface area contributed by atoms with E-state index in [0.717, 1.165) is 25.7 Å². The third-order valence-corrected chi connectivity index (χ3v) is 4.88. The number of hydrogen-bond donors (Lipinski definition) is 0. The van der Waals surface area contributed by atoms with Crippen molar-refractivity contribution in [1.29, 1.82) is 0 Å². The molecule has 3 nitrogen and oxygen atoms in total. The molecule has 2 rings (SSSR count). The van der Waals surface area contributed by atoms with Gasteiger partial charge in [-0.2, -0.15) is 0 Å². The van der Waals surface area contributed by atoms with Crippen LogP contribution in [0.1, 0.15) is 43.0 Å². The van der Waals surface area contributed by atoms with Crippen LogP contribution in [0.2, 0.25) is 0 Å². The third-order valence-electron chi connectivity index (χ3n) is 3.56. The molecule has 1 aromatic rings. The van der Waals surface area contributed by atoms with Crippen LogP contribution in [-0.4, -0.2) is 22.9 Å². The van der Waals surface area contributed by atoms with Crippen LogP contribution in [0.15, 0.2) is 30.3 Å². The fourth-order valence-corrected chi connectivity index (χ4v) is 3.78. The smallest absolute Gasteiger partial charge is 0.310 e. The number of thioether (sulfide) groups is 1. The van der Waals surface area contributed by atoms with E-state index in [1.54, 1.807) is 0 Å². The van der Waals surface area contributed by atoms with Gasteiger partial charge in [-0.1, -0.05) is 54.9 Å². The third kappa shape index (κ3) is 3.85. The first-order valence-corrected chi connectivity index (χ1v) is 8.03. The van der Waals surface area contributed by atoms with Crippen molar-refractivity contribution in [3.8, 4) is 0 Å². The first-order chi connectivity index (χ1) is 9.72. The van der Waals surface area contributed by atoms with Gasteiger partial charge < -0.3 is 4.74 Å². The van der Waals surface area contributed by atoms with Crippen LogP contribution in [0.3, 0.4) is 0 Å². The molecular formula is C16H20O3S. The Labute approximate surface area is 124 Å². The van der Waals surface area contributed by atoms with E-state index in [0.29, 0.717) is 12.2 Å². The van der Waals surface area contributed by atoms with Gasteiger partial charge in [0.25, 0.3) is 0 Å².